The van der Waals surface area contributed by atoms with Crippen molar-refractivity contribution in [1.82, 2.24) is 4.98 Å². The van der Waals surface area contributed by atoms with Crippen LogP contribution in [0.3, 0.4) is 0 Å². The van der Waals surface area contributed by atoms with Gasteiger partial charge < -0.3 is 10.1 Å². The number of hydrogen-bond donors (Lipinski definition) is 1. The third-order valence-corrected chi connectivity index (χ3v) is 3.54. The van der Waals surface area contributed by atoms with E-state index >= 15 is 0 Å². The highest BCUT2D eigenvalue weighted by Gasteiger charge is 2.12. The van der Waals surface area contributed by atoms with Crippen molar-refractivity contribution in [2.45, 2.75) is 6.92 Å². The monoisotopic (exact) mass is 310 g/mol. The molecule has 0 spiro atoms. The van der Waals surface area contributed by atoms with E-state index in [4.69, 9.17) is 4.74 Å². The van der Waals surface area contributed by atoms with Crippen LogP contribution in [-0.4, -0.2) is 18.0 Å². The van der Waals surface area contributed by atoms with E-state index in [0.717, 1.165) is 0 Å². The molecule has 5 heteroatoms. The van der Waals surface area contributed by atoms with Crippen LogP contribution in [0.2, 0.25) is 0 Å². The Balaban J connectivity index is 1.93. The normalized spacial score (nSPS) is 10.6. The van der Waals surface area contributed by atoms with Crippen LogP contribution in [0.4, 0.5) is 10.1 Å². The van der Waals surface area contributed by atoms with E-state index in [9.17, 15) is 9.18 Å². The highest BCUT2D eigenvalue weighted by atomic mass is 19.1. The lowest BCUT2D eigenvalue weighted by atomic mass is 10.1. The van der Waals surface area contributed by atoms with Crippen molar-refractivity contribution in [1.29, 1.82) is 0 Å². The molecule has 116 valence electrons. The van der Waals surface area contributed by atoms with Crippen molar-refractivity contribution < 1.29 is 13.9 Å². The van der Waals surface area contributed by atoms with Crippen LogP contribution in [0.15, 0.2) is 48.5 Å². The zero-order chi connectivity index (χ0) is 16.4. The largest absolute Gasteiger partial charge is 0.497 e. The summed E-state index contributed by atoms with van der Waals surface area (Å²) in [6.07, 6.45) is 0. The van der Waals surface area contributed by atoms with E-state index in [1.807, 2.05) is 0 Å². The number of methoxy groups -OCH3 is 1. The third-order valence-electron chi connectivity index (χ3n) is 3.54. The molecule has 0 saturated heterocycles. The van der Waals surface area contributed by atoms with Crippen LogP contribution in [-0.2, 0) is 0 Å². The molecule has 3 aromatic rings. The quantitative estimate of drug-likeness (QED) is 0.797. The fourth-order valence-corrected chi connectivity index (χ4v) is 2.37. The number of halogens is 1. The van der Waals surface area contributed by atoms with Crippen LogP contribution < -0.4 is 10.1 Å². The number of amides is 1. The Morgan fingerprint density at radius 2 is 2.00 bits per heavy atom. The van der Waals surface area contributed by atoms with Gasteiger partial charge in [-0.1, -0.05) is 6.07 Å². The molecule has 0 aliphatic heterocycles. The molecule has 1 N–H and O–H groups in total. The first-order chi connectivity index (χ1) is 11.1. The number of carbonyl (C=O) groups is 1. The minimum absolute atomic E-state index is 0.269. The standard InChI is InChI=1S/C18H15FN2O2/c1-11-16(8-12-6-7-13(19)9-17(12)20-11)18(22)21-14-4-3-5-15(10-14)23-2/h3-10H,1-2H3,(H,21,22). The topological polar surface area (TPSA) is 51.2 Å². The second-order valence-corrected chi connectivity index (χ2v) is 5.14. The summed E-state index contributed by atoms with van der Waals surface area (Å²) in [5.74, 6) is 0.0408. The van der Waals surface area contributed by atoms with E-state index in [0.29, 0.717) is 33.6 Å². The molecule has 1 amide bonds. The Morgan fingerprint density at radius 1 is 1.17 bits per heavy atom. The lowest BCUT2D eigenvalue weighted by molar-refractivity contribution is 0.102. The van der Waals surface area contributed by atoms with Crippen molar-refractivity contribution in [3.63, 3.8) is 0 Å². The van der Waals surface area contributed by atoms with Gasteiger partial charge >= 0.3 is 0 Å². The van der Waals surface area contributed by atoms with Crippen LogP contribution >= 0.6 is 0 Å². The first-order valence-electron chi connectivity index (χ1n) is 7.09. The molecule has 0 fully saturated rings. The summed E-state index contributed by atoms with van der Waals surface area (Å²) in [6.45, 7) is 1.73. The Bertz CT molecular complexity index is 893. The van der Waals surface area contributed by atoms with Gasteiger partial charge in [-0.2, -0.15) is 0 Å². The first-order valence-corrected chi connectivity index (χ1v) is 7.09. The Labute approximate surface area is 132 Å². The van der Waals surface area contributed by atoms with Gasteiger partial charge in [0.1, 0.15) is 11.6 Å². The van der Waals surface area contributed by atoms with Crippen LogP contribution in [0, 0.1) is 12.7 Å². The number of carbonyl (C=O) groups excluding carboxylic acids is 1. The SMILES string of the molecule is COc1cccc(NC(=O)c2cc3ccc(F)cc3nc2C)c1. The van der Waals surface area contributed by atoms with Gasteiger partial charge in [0.25, 0.3) is 5.91 Å². The van der Waals surface area contributed by atoms with Crippen molar-refractivity contribution in [2.75, 3.05) is 12.4 Å². The van der Waals surface area contributed by atoms with Crippen molar-refractivity contribution in [2.24, 2.45) is 0 Å². The lowest BCUT2D eigenvalue weighted by Crippen LogP contribution is -2.14. The van der Waals surface area contributed by atoms with E-state index in [2.05, 4.69) is 10.3 Å². The van der Waals surface area contributed by atoms with Crippen LogP contribution in [0.1, 0.15) is 16.1 Å². The smallest absolute Gasteiger partial charge is 0.257 e. The lowest BCUT2D eigenvalue weighted by Gasteiger charge is -2.10. The molecular formula is C18H15FN2O2. The number of nitrogens with zero attached hydrogens (tertiary/aromatic N) is 1. The van der Waals surface area contributed by atoms with Gasteiger partial charge in [0, 0.05) is 23.2 Å². The van der Waals surface area contributed by atoms with E-state index in [1.165, 1.54) is 12.1 Å². The first kappa shape index (κ1) is 15.0. The van der Waals surface area contributed by atoms with Gasteiger partial charge in [0.2, 0.25) is 0 Å². The molecule has 0 atom stereocenters. The second-order valence-electron chi connectivity index (χ2n) is 5.14. The van der Waals surface area contributed by atoms with Gasteiger partial charge in [-0.05, 0) is 37.3 Å². The van der Waals surface area contributed by atoms with Gasteiger partial charge in [0.05, 0.1) is 23.9 Å². The predicted octanol–water partition coefficient (Wildman–Crippen LogP) is 3.94. The molecule has 3 rings (SSSR count). The number of anilines is 1. The maximum Gasteiger partial charge on any atom is 0.257 e. The van der Waals surface area contributed by atoms with Crippen LogP contribution in [0.25, 0.3) is 10.9 Å². The zero-order valence-corrected chi connectivity index (χ0v) is 12.8. The summed E-state index contributed by atoms with van der Waals surface area (Å²) in [7, 11) is 1.57. The maximum absolute atomic E-state index is 13.3. The number of aryl methyl sites for hydroxylation is 1. The molecular weight excluding hydrogens is 295 g/mol. The summed E-state index contributed by atoms with van der Waals surface area (Å²) in [5, 5.41) is 3.53. The van der Waals surface area contributed by atoms with Gasteiger partial charge in [0.15, 0.2) is 0 Å². The molecule has 23 heavy (non-hydrogen) atoms. The second kappa shape index (κ2) is 6.04. The number of rotatable bonds is 3. The molecule has 0 bridgehead atoms. The summed E-state index contributed by atoms with van der Waals surface area (Å²) < 4.78 is 18.4. The van der Waals surface area contributed by atoms with Crippen molar-refractivity contribution >= 4 is 22.5 Å². The Morgan fingerprint density at radius 3 is 2.78 bits per heavy atom. The summed E-state index contributed by atoms with van der Waals surface area (Å²) in [6, 6.07) is 13.1. The predicted molar refractivity (Wildman–Crippen MR) is 87.4 cm³/mol. The Kier molecular flexibility index (Phi) is 3.93. The minimum atomic E-state index is -0.349. The molecule has 4 nitrogen and oxygen atoms in total. The number of hydrogen-bond acceptors (Lipinski definition) is 3. The molecule has 2 aromatic carbocycles. The number of aromatic nitrogens is 1. The fourth-order valence-electron chi connectivity index (χ4n) is 2.37. The molecule has 1 aromatic heterocycles. The summed E-state index contributed by atoms with van der Waals surface area (Å²) >= 11 is 0. The molecule has 0 saturated carbocycles. The molecule has 0 radical (unpaired) electrons. The number of nitrogens with one attached hydrogen (secondary N) is 1. The van der Waals surface area contributed by atoms with E-state index in [1.54, 1.807) is 50.4 Å². The molecule has 0 aliphatic carbocycles. The van der Waals surface area contributed by atoms with Crippen molar-refractivity contribution in [3.05, 3.63) is 65.6 Å². The van der Waals surface area contributed by atoms with Gasteiger partial charge in [-0.3, -0.25) is 9.78 Å². The maximum atomic E-state index is 13.3. The summed E-state index contributed by atoms with van der Waals surface area (Å²) in [5.41, 5.74) is 2.16. The van der Waals surface area contributed by atoms with E-state index in [-0.39, 0.29) is 11.7 Å². The van der Waals surface area contributed by atoms with Gasteiger partial charge in [-0.25, -0.2) is 4.39 Å². The fraction of sp³-hybridized carbons (Fsp3) is 0.111. The molecule has 0 unspecified atom stereocenters. The molecule has 0 aliphatic rings. The Hall–Kier alpha value is -2.95. The number of fused-ring (bicyclic) bond motifs is 1. The van der Waals surface area contributed by atoms with E-state index < -0.39 is 0 Å². The minimum Gasteiger partial charge on any atom is -0.497 e. The highest BCUT2D eigenvalue weighted by Crippen LogP contribution is 2.21. The number of benzene rings is 2. The van der Waals surface area contributed by atoms with Crippen LogP contribution in [0.5, 0.6) is 5.75 Å². The number of ether oxygens (including phenoxy) is 1. The third kappa shape index (κ3) is 3.13. The zero-order valence-electron chi connectivity index (χ0n) is 12.8. The highest BCUT2D eigenvalue weighted by molar-refractivity contribution is 6.06. The number of pyridine rings is 1. The van der Waals surface area contributed by atoms with Gasteiger partial charge in [-0.15, -0.1) is 0 Å². The average Bonchev–Trinajstić information content (AvgIpc) is 2.54. The van der Waals surface area contributed by atoms with Crippen molar-refractivity contribution in [3.8, 4) is 5.75 Å². The summed E-state index contributed by atoms with van der Waals surface area (Å²) in [4.78, 5) is 16.8. The molecule has 1 heterocycles. The average molecular weight is 310 g/mol.